The van der Waals surface area contributed by atoms with E-state index in [9.17, 15) is 22.2 Å². The molecule has 1 aliphatic heterocycles. The van der Waals surface area contributed by atoms with Gasteiger partial charge in [0.25, 0.3) is 0 Å². The average Bonchev–Trinajstić information content (AvgIpc) is 3.13. The van der Waals surface area contributed by atoms with Crippen LogP contribution in [0.15, 0.2) is 54.7 Å². The average molecular weight is 462 g/mol. The van der Waals surface area contributed by atoms with Crippen LogP contribution in [0.5, 0.6) is 5.75 Å². The van der Waals surface area contributed by atoms with E-state index in [0.717, 1.165) is 16.5 Å². The minimum Gasteiger partial charge on any atom is -0.396 e. The Morgan fingerprint density at radius 1 is 1.12 bits per heavy atom. The summed E-state index contributed by atoms with van der Waals surface area (Å²) in [6.07, 6.45) is 2.30. The highest BCUT2D eigenvalue weighted by molar-refractivity contribution is 7.81. The van der Waals surface area contributed by atoms with Crippen molar-refractivity contribution in [3.63, 3.8) is 0 Å². The fourth-order valence-corrected chi connectivity index (χ4v) is 4.35. The number of carbonyl (C=O) groups excluding carboxylic acids is 1. The number of aromatic nitrogens is 1. The lowest BCUT2D eigenvalue weighted by molar-refractivity contribution is -0.137. The van der Waals surface area contributed by atoms with Crippen molar-refractivity contribution in [3.8, 4) is 5.75 Å². The number of amides is 1. The molecule has 0 saturated carbocycles. The number of hydrogen-bond acceptors (Lipinski definition) is 6. The highest BCUT2D eigenvalue weighted by Crippen LogP contribution is 2.31. The zero-order valence-electron chi connectivity index (χ0n) is 17.2. The summed E-state index contributed by atoms with van der Waals surface area (Å²) >= 11 is 0. The number of aliphatic hydroxyl groups is 1. The number of nitrogens with zero attached hydrogens (tertiary/aromatic N) is 2. The molecule has 0 radical (unpaired) electrons. The van der Waals surface area contributed by atoms with Crippen LogP contribution < -0.4 is 4.18 Å². The van der Waals surface area contributed by atoms with Gasteiger partial charge in [0.05, 0.1) is 13.2 Å². The van der Waals surface area contributed by atoms with Crippen LogP contribution in [0.4, 0.5) is 3.89 Å². The van der Waals surface area contributed by atoms with Gasteiger partial charge < -0.3 is 23.5 Å². The Hall–Kier alpha value is -2.95. The van der Waals surface area contributed by atoms with Crippen molar-refractivity contribution in [2.75, 3.05) is 32.9 Å². The molecule has 3 aromatic rings. The molecule has 1 amide bonds. The first-order valence-corrected chi connectivity index (χ1v) is 11.5. The third-order valence-electron chi connectivity index (χ3n) is 5.43. The SMILES string of the molecule is O=C(C(c1ccc(OS(=O)(=O)F)cc1)n1cc(CCO)c2ccccc21)N1CCOCC1. The van der Waals surface area contributed by atoms with E-state index in [1.807, 2.05) is 35.0 Å². The van der Waals surface area contributed by atoms with Crippen molar-refractivity contribution in [2.45, 2.75) is 12.5 Å². The van der Waals surface area contributed by atoms with E-state index in [1.165, 1.54) is 12.1 Å². The third kappa shape index (κ3) is 4.77. The summed E-state index contributed by atoms with van der Waals surface area (Å²) in [6.45, 7) is 1.78. The molecule has 1 unspecified atom stereocenters. The van der Waals surface area contributed by atoms with Crippen LogP contribution in [0.1, 0.15) is 17.2 Å². The van der Waals surface area contributed by atoms with E-state index in [1.54, 1.807) is 17.0 Å². The highest BCUT2D eigenvalue weighted by Gasteiger charge is 2.30. The molecule has 10 heteroatoms. The van der Waals surface area contributed by atoms with Crippen LogP contribution in [0.3, 0.4) is 0 Å². The van der Waals surface area contributed by atoms with Crippen LogP contribution in [-0.4, -0.2) is 61.8 Å². The maximum Gasteiger partial charge on any atom is 0.488 e. The maximum atomic E-state index is 13.6. The molecule has 2 aromatic carbocycles. The normalized spacial score (nSPS) is 15.6. The molecule has 0 bridgehead atoms. The molecule has 1 atom stereocenters. The minimum absolute atomic E-state index is 0.0280. The molecule has 170 valence electrons. The molecule has 8 nitrogen and oxygen atoms in total. The second kappa shape index (κ2) is 9.27. The number of aliphatic hydroxyl groups excluding tert-OH is 1. The monoisotopic (exact) mass is 462 g/mol. The van der Waals surface area contributed by atoms with Crippen molar-refractivity contribution in [1.82, 2.24) is 9.47 Å². The van der Waals surface area contributed by atoms with Crippen molar-refractivity contribution in [2.24, 2.45) is 0 Å². The molecule has 32 heavy (non-hydrogen) atoms. The maximum absolute atomic E-state index is 13.6. The molecule has 1 N–H and O–H groups in total. The molecule has 1 aromatic heterocycles. The van der Waals surface area contributed by atoms with Crippen LogP contribution >= 0.6 is 0 Å². The second-order valence-electron chi connectivity index (χ2n) is 7.44. The predicted octanol–water partition coefficient (Wildman–Crippen LogP) is 2.22. The molecule has 0 spiro atoms. The standard InChI is InChI=1S/C22H23FN2O6S/c23-32(28,29)31-18-7-5-16(6-8-18)21(22(27)24-10-13-30-14-11-24)25-15-17(9-12-26)19-3-1-2-4-20(19)25/h1-8,15,21,26H,9-14H2. The molecule has 4 rings (SSSR count). The fraction of sp³-hybridized carbons (Fsp3) is 0.318. The molecule has 2 heterocycles. The van der Waals surface area contributed by atoms with Gasteiger partial charge in [-0.1, -0.05) is 34.2 Å². The molecule has 1 saturated heterocycles. The fourth-order valence-electron chi connectivity index (χ4n) is 4.01. The number of benzene rings is 2. The number of ether oxygens (including phenoxy) is 1. The van der Waals surface area contributed by atoms with Gasteiger partial charge in [-0.15, -0.1) is 0 Å². The summed E-state index contributed by atoms with van der Waals surface area (Å²) in [7, 11) is -5.15. The summed E-state index contributed by atoms with van der Waals surface area (Å²) < 4.78 is 46.0. The van der Waals surface area contributed by atoms with Gasteiger partial charge in [0.15, 0.2) is 0 Å². The van der Waals surface area contributed by atoms with E-state index < -0.39 is 16.5 Å². The molecular formula is C22H23FN2O6S. The van der Waals surface area contributed by atoms with E-state index in [2.05, 4.69) is 4.18 Å². The first-order chi connectivity index (χ1) is 15.4. The summed E-state index contributed by atoms with van der Waals surface area (Å²) in [5.41, 5.74) is 2.32. The number of morpholine rings is 1. The van der Waals surface area contributed by atoms with E-state index >= 15 is 0 Å². The zero-order chi connectivity index (χ0) is 22.7. The molecule has 1 aliphatic rings. The smallest absolute Gasteiger partial charge is 0.396 e. The quantitative estimate of drug-likeness (QED) is 0.541. The van der Waals surface area contributed by atoms with Crippen molar-refractivity contribution < 1.29 is 31.1 Å². The van der Waals surface area contributed by atoms with Gasteiger partial charge in [-0.25, -0.2) is 0 Å². The lowest BCUT2D eigenvalue weighted by Gasteiger charge is -2.31. The number of rotatable bonds is 7. The van der Waals surface area contributed by atoms with Crippen LogP contribution in [0.25, 0.3) is 10.9 Å². The molecule has 1 fully saturated rings. The Balaban J connectivity index is 1.80. The van der Waals surface area contributed by atoms with Crippen molar-refractivity contribution in [1.29, 1.82) is 0 Å². The van der Waals surface area contributed by atoms with Crippen LogP contribution in [-0.2, 0) is 26.5 Å². The number of para-hydroxylation sites is 1. The summed E-state index contributed by atoms with van der Waals surface area (Å²) in [5, 5.41) is 10.4. The van der Waals surface area contributed by atoms with Crippen molar-refractivity contribution in [3.05, 3.63) is 65.9 Å². The molecular weight excluding hydrogens is 439 g/mol. The lowest BCUT2D eigenvalue weighted by atomic mass is 10.0. The number of hydrogen-bond donors (Lipinski definition) is 1. The second-order valence-corrected chi connectivity index (χ2v) is 8.39. The Labute approximate surface area is 185 Å². The first kappa shape index (κ1) is 22.3. The van der Waals surface area contributed by atoms with Gasteiger partial charge in [0.1, 0.15) is 11.8 Å². The van der Waals surface area contributed by atoms with Gasteiger partial charge >= 0.3 is 10.5 Å². The van der Waals surface area contributed by atoms with Gasteiger partial charge in [0.2, 0.25) is 5.91 Å². The zero-order valence-corrected chi connectivity index (χ0v) is 18.0. The van der Waals surface area contributed by atoms with Crippen molar-refractivity contribution >= 4 is 27.3 Å². The van der Waals surface area contributed by atoms with Crippen LogP contribution in [0.2, 0.25) is 0 Å². The summed E-state index contributed by atoms with van der Waals surface area (Å²) in [5.74, 6) is -0.330. The van der Waals surface area contributed by atoms with Gasteiger partial charge in [-0.2, -0.15) is 8.42 Å². The van der Waals surface area contributed by atoms with Gasteiger partial charge in [-0.05, 0) is 35.7 Å². The number of fused-ring (bicyclic) bond motifs is 1. The van der Waals surface area contributed by atoms with Crippen LogP contribution in [0, 0.1) is 0 Å². The topological polar surface area (TPSA) is 98.1 Å². The Kier molecular flexibility index (Phi) is 6.45. The van der Waals surface area contributed by atoms with E-state index in [-0.39, 0.29) is 18.3 Å². The lowest BCUT2D eigenvalue weighted by Crippen LogP contribution is -2.44. The number of halogens is 1. The summed E-state index contributed by atoms with van der Waals surface area (Å²) in [6, 6.07) is 12.6. The largest absolute Gasteiger partial charge is 0.488 e. The van der Waals surface area contributed by atoms with Gasteiger partial charge in [-0.3, -0.25) is 4.79 Å². The summed E-state index contributed by atoms with van der Waals surface area (Å²) in [4.78, 5) is 15.4. The van der Waals surface area contributed by atoms with E-state index in [0.29, 0.717) is 38.3 Å². The minimum atomic E-state index is -5.15. The highest BCUT2D eigenvalue weighted by atomic mass is 32.3. The molecule has 0 aliphatic carbocycles. The Morgan fingerprint density at radius 2 is 1.81 bits per heavy atom. The van der Waals surface area contributed by atoms with E-state index in [4.69, 9.17) is 4.74 Å². The third-order valence-corrected chi connectivity index (χ3v) is 5.82. The predicted molar refractivity (Wildman–Crippen MR) is 115 cm³/mol. The Morgan fingerprint density at radius 3 is 2.47 bits per heavy atom. The Bertz CT molecular complexity index is 1200. The first-order valence-electron chi connectivity index (χ1n) is 10.2. The van der Waals surface area contributed by atoms with Gasteiger partial charge in [0, 0.05) is 36.8 Å². The number of carbonyl (C=O) groups is 1.